The maximum absolute atomic E-state index is 5.91. The number of hydrogen-bond donors (Lipinski definition) is 1. The van der Waals surface area contributed by atoms with Crippen molar-refractivity contribution in [2.24, 2.45) is 5.92 Å². The van der Waals surface area contributed by atoms with Crippen molar-refractivity contribution >= 4 is 0 Å². The Hall–Kier alpha value is -1.09. The predicted octanol–water partition coefficient (Wildman–Crippen LogP) is 3.54. The highest BCUT2D eigenvalue weighted by Gasteiger charge is 2.17. The largest absolute Gasteiger partial charge is 0.492 e. The van der Waals surface area contributed by atoms with Gasteiger partial charge in [-0.1, -0.05) is 19.3 Å². The Bertz CT molecular complexity index is 394. The minimum atomic E-state index is 0.118. The Labute approximate surface area is 116 Å². The lowest BCUT2D eigenvalue weighted by molar-refractivity contribution is 0.220. The molecule has 3 nitrogen and oxygen atoms in total. The molecule has 1 heterocycles. The molecule has 1 N–H and O–H groups in total. The van der Waals surface area contributed by atoms with Crippen LogP contribution in [0.25, 0.3) is 0 Å². The molecule has 1 aliphatic carbocycles. The summed E-state index contributed by atoms with van der Waals surface area (Å²) in [5.41, 5.74) is 1.31. The highest BCUT2D eigenvalue weighted by atomic mass is 16.5. The average molecular weight is 262 g/mol. The van der Waals surface area contributed by atoms with Crippen LogP contribution in [-0.4, -0.2) is 17.1 Å². The van der Waals surface area contributed by atoms with Gasteiger partial charge in [0.2, 0.25) is 0 Å². The van der Waals surface area contributed by atoms with Crippen molar-refractivity contribution in [3.8, 4) is 5.75 Å². The van der Waals surface area contributed by atoms with Crippen molar-refractivity contribution in [2.45, 2.75) is 58.5 Å². The van der Waals surface area contributed by atoms with Gasteiger partial charge in [0.25, 0.3) is 0 Å². The monoisotopic (exact) mass is 262 g/mol. The fraction of sp³-hybridized carbons (Fsp3) is 0.688. The Morgan fingerprint density at radius 3 is 2.79 bits per heavy atom. The maximum Gasteiger partial charge on any atom is 0.142 e. The third-order valence-corrected chi connectivity index (χ3v) is 3.69. The third kappa shape index (κ3) is 4.83. The molecular formula is C16H26N2O. The summed E-state index contributed by atoms with van der Waals surface area (Å²) < 4.78 is 5.91. The first kappa shape index (κ1) is 14.3. The molecule has 3 heteroatoms. The van der Waals surface area contributed by atoms with Gasteiger partial charge in [0, 0.05) is 23.8 Å². The minimum absolute atomic E-state index is 0.118. The summed E-state index contributed by atoms with van der Waals surface area (Å²) in [6.07, 6.45) is 9.02. The van der Waals surface area contributed by atoms with Gasteiger partial charge < -0.3 is 10.1 Å². The second kappa shape index (κ2) is 6.38. The van der Waals surface area contributed by atoms with E-state index < -0.39 is 0 Å². The minimum Gasteiger partial charge on any atom is -0.492 e. The van der Waals surface area contributed by atoms with Crippen molar-refractivity contribution in [2.75, 3.05) is 6.61 Å². The van der Waals surface area contributed by atoms with Gasteiger partial charge in [0.15, 0.2) is 0 Å². The molecule has 106 valence electrons. The lowest BCUT2D eigenvalue weighted by Crippen LogP contribution is -2.35. The quantitative estimate of drug-likeness (QED) is 0.851. The van der Waals surface area contributed by atoms with E-state index in [4.69, 9.17) is 4.74 Å². The Morgan fingerprint density at radius 1 is 1.37 bits per heavy atom. The molecule has 1 aromatic rings. The number of nitrogens with one attached hydrogen (secondary N) is 1. The van der Waals surface area contributed by atoms with E-state index in [9.17, 15) is 0 Å². The number of ether oxygens (including phenoxy) is 1. The molecule has 0 bridgehead atoms. The van der Waals surface area contributed by atoms with E-state index in [1.807, 2.05) is 18.5 Å². The van der Waals surface area contributed by atoms with Gasteiger partial charge in [-0.15, -0.1) is 0 Å². The van der Waals surface area contributed by atoms with Crippen LogP contribution < -0.4 is 10.1 Å². The molecule has 0 amide bonds. The summed E-state index contributed by atoms with van der Waals surface area (Å²) in [5.74, 6) is 1.83. The third-order valence-electron chi connectivity index (χ3n) is 3.69. The molecule has 0 spiro atoms. The smallest absolute Gasteiger partial charge is 0.142 e. The van der Waals surface area contributed by atoms with Crippen LogP contribution in [0.2, 0.25) is 0 Å². The standard InChI is InChI=1S/C16H26N2O/c1-16(2,3)18-11-14-7-9-17-12-15(14)19-10-8-13-5-4-6-13/h7,9,12-13,18H,4-6,8,10-11H2,1-3H3. The lowest BCUT2D eigenvalue weighted by Gasteiger charge is -2.25. The molecule has 1 fully saturated rings. The Morgan fingerprint density at radius 2 is 2.16 bits per heavy atom. The second-order valence-corrected chi connectivity index (χ2v) is 6.52. The number of rotatable bonds is 6. The molecular weight excluding hydrogens is 236 g/mol. The zero-order valence-corrected chi connectivity index (χ0v) is 12.4. The van der Waals surface area contributed by atoms with E-state index >= 15 is 0 Å². The number of aromatic nitrogens is 1. The molecule has 0 unspecified atom stereocenters. The van der Waals surface area contributed by atoms with Gasteiger partial charge >= 0.3 is 0 Å². The number of pyridine rings is 1. The van der Waals surface area contributed by atoms with E-state index in [2.05, 4.69) is 31.1 Å². The predicted molar refractivity (Wildman–Crippen MR) is 78.3 cm³/mol. The van der Waals surface area contributed by atoms with Crippen LogP contribution in [0.1, 0.15) is 52.0 Å². The average Bonchev–Trinajstić information content (AvgIpc) is 2.30. The van der Waals surface area contributed by atoms with E-state index in [-0.39, 0.29) is 5.54 Å². The molecule has 1 aliphatic rings. The summed E-state index contributed by atoms with van der Waals surface area (Å²) in [5, 5.41) is 3.49. The fourth-order valence-corrected chi connectivity index (χ4v) is 2.16. The first-order valence-electron chi connectivity index (χ1n) is 7.35. The zero-order valence-electron chi connectivity index (χ0n) is 12.4. The van der Waals surface area contributed by atoms with Gasteiger partial charge in [-0.25, -0.2) is 0 Å². The Balaban J connectivity index is 1.84. The molecule has 19 heavy (non-hydrogen) atoms. The number of hydrogen-bond acceptors (Lipinski definition) is 3. The molecule has 1 aromatic heterocycles. The maximum atomic E-state index is 5.91. The molecule has 1 saturated carbocycles. The van der Waals surface area contributed by atoms with Gasteiger partial charge in [-0.05, 0) is 39.2 Å². The number of nitrogens with zero attached hydrogens (tertiary/aromatic N) is 1. The van der Waals surface area contributed by atoms with Crippen LogP contribution in [0.3, 0.4) is 0 Å². The highest BCUT2D eigenvalue weighted by Crippen LogP contribution is 2.29. The fourth-order valence-electron chi connectivity index (χ4n) is 2.16. The van der Waals surface area contributed by atoms with Crippen molar-refractivity contribution in [3.05, 3.63) is 24.0 Å². The molecule has 0 saturated heterocycles. The van der Waals surface area contributed by atoms with Crippen LogP contribution >= 0.6 is 0 Å². The zero-order chi connectivity index (χ0) is 13.7. The van der Waals surface area contributed by atoms with E-state index in [0.717, 1.165) is 24.8 Å². The van der Waals surface area contributed by atoms with Crippen LogP contribution in [-0.2, 0) is 6.54 Å². The summed E-state index contributed by atoms with van der Waals surface area (Å²) in [6.45, 7) is 8.16. The van der Waals surface area contributed by atoms with Crippen molar-refractivity contribution < 1.29 is 4.74 Å². The van der Waals surface area contributed by atoms with E-state index in [0.29, 0.717) is 0 Å². The van der Waals surface area contributed by atoms with Crippen LogP contribution in [0.4, 0.5) is 0 Å². The normalized spacial score (nSPS) is 16.2. The molecule has 0 aliphatic heterocycles. The van der Waals surface area contributed by atoms with Crippen molar-refractivity contribution in [1.29, 1.82) is 0 Å². The van der Waals surface area contributed by atoms with E-state index in [1.54, 1.807) is 0 Å². The lowest BCUT2D eigenvalue weighted by atomic mass is 9.83. The summed E-state index contributed by atoms with van der Waals surface area (Å²) in [7, 11) is 0. The van der Waals surface area contributed by atoms with Gasteiger partial charge in [0.1, 0.15) is 5.75 Å². The SMILES string of the molecule is CC(C)(C)NCc1ccncc1OCCC1CCC1. The van der Waals surface area contributed by atoms with Gasteiger partial charge in [-0.2, -0.15) is 0 Å². The van der Waals surface area contributed by atoms with Gasteiger partial charge in [0.05, 0.1) is 12.8 Å². The molecule has 2 rings (SSSR count). The summed E-state index contributed by atoms with van der Waals surface area (Å²) in [4.78, 5) is 4.17. The van der Waals surface area contributed by atoms with Crippen molar-refractivity contribution in [1.82, 2.24) is 10.3 Å². The highest BCUT2D eigenvalue weighted by molar-refractivity contribution is 5.29. The van der Waals surface area contributed by atoms with Crippen LogP contribution in [0.5, 0.6) is 5.75 Å². The second-order valence-electron chi connectivity index (χ2n) is 6.52. The first-order valence-corrected chi connectivity index (χ1v) is 7.35. The molecule has 0 radical (unpaired) electrons. The topological polar surface area (TPSA) is 34.2 Å². The van der Waals surface area contributed by atoms with Crippen molar-refractivity contribution in [3.63, 3.8) is 0 Å². The van der Waals surface area contributed by atoms with Crippen LogP contribution in [0.15, 0.2) is 18.5 Å². The first-order chi connectivity index (χ1) is 9.04. The molecule has 0 atom stereocenters. The molecule has 0 aromatic carbocycles. The Kier molecular flexibility index (Phi) is 4.81. The summed E-state index contributed by atoms with van der Waals surface area (Å²) in [6, 6.07) is 2.04. The van der Waals surface area contributed by atoms with E-state index in [1.165, 1.54) is 31.2 Å². The van der Waals surface area contributed by atoms with Gasteiger partial charge in [-0.3, -0.25) is 4.98 Å². The van der Waals surface area contributed by atoms with Crippen LogP contribution in [0, 0.1) is 5.92 Å². The summed E-state index contributed by atoms with van der Waals surface area (Å²) >= 11 is 0.